The molecule has 2 aromatic rings. The molecule has 5 heteroatoms. The lowest BCUT2D eigenvalue weighted by Gasteiger charge is -2.44. The summed E-state index contributed by atoms with van der Waals surface area (Å²) in [6, 6.07) is 16.5. The first-order valence-electron chi connectivity index (χ1n) is 9.98. The molecule has 1 N–H and O–H groups in total. The molecule has 3 aliphatic rings. The van der Waals surface area contributed by atoms with E-state index in [0.29, 0.717) is 12.8 Å². The Labute approximate surface area is 162 Å². The molecule has 2 aromatic carbocycles. The van der Waals surface area contributed by atoms with E-state index in [4.69, 9.17) is 4.74 Å². The van der Waals surface area contributed by atoms with Gasteiger partial charge in [-0.25, -0.2) is 0 Å². The van der Waals surface area contributed by atoms with Crippen LogP contribution in [0.2, 0.25) is 0 Å². The maximum absolute atomic E-state index is 12.8. The number of aliphatic hydroxyl groups is 1. The summed E-state index contributed by atoms with van der Waals surface area (Å²) in [5.74, 6) is 0. The van der Waals surface area contributed by atoms with Crippen molar-refractivity contribution in [3.8, 4) is 11.1 Å². The van der Waals surface area contributed by atoms with Crippen molar-refractivity contribution >= 4 is 0 Å². The van der Waals surface area contributed by atoms with Gasteiger partial charge in [0.15, 0.2) is 0 Å². The summed E-state index contributed by atoms with van der Waals surface area (Å²) in [4.78, 5) is 0. The van der Waals surface area contributed by atoms with Crippen molar-refractivity contribution in [2.75, 3.05) is 6.61 Å². The van der Waals surface area contributed by atoms with Crippen LogP contribution in [0.25, 0.3) is 11.1 Å². The molecule has 2 atom stereocenters. The first-order chi connectivity index (χ1) is 13.5. The third-order valence-electron chi connectivity index (χ3n) is 7.02. The van der Waals surface area contributed by atoms with Crippen LogP contribution in [0.1, 0.15) is 43.2 Å². The molecule has 2 aliphatic carbocycles. The minimum absolute atomic E-state index is 0.0404. The number of fused-ring (bicyclic) bond motifs is 4. The predicted molar refractivity (Wildman–Crippen MR) is 100.0 cm³/mol. The highest BCUT2D eigenvalue weighted by Crippen LogP contribution is 2.79. The van der Waals surface area contributed by atoms with Gasteiger partial charge in [-0.15, -0.1) is 0 Å². The average molecular weight is 388 g/mol. The third-order valence-corrected chi connectivity index (χ3v) is 7.02. The Hall–Kier alpha value is -1.85. The summed E-state index contributed by atoms with van der Waals surface area (Å²) in [5.41, 5.74) is 4.02. The van der Waals surface area contributed by atoms with E-state index in [1.165, 1.54) is 11.1 Å². The predicted octanol–water partition coefficient (Wildman–Crippen LogP) is 5.23. The lowest BCUT2D eigenvalue weighted by Crippen LogP contribution is -2.43. The van der Waals surface area contributed by atoms with Crippen LogP contribution in [-0.4, -0.2) is 30.1 Å². The number of epoxide rings is 1. The van der Waals surface area contributed by atoms with Crippen LogP contribution < -0.4 is 0 Å². The van der Waals surface area contributed by atoms with E-state index in [9.17, 15) is 18.3 Å². The molecule has 5 rings (SSSR count). The number of alkyl halides is 3. The van der Waals surface area contributed by atoms with E-state index >= 15 is 0 Å². The zero-order chi connectivity index (χ0) is 19.6. The van der Waals surface area contributed by atoms with Gasteiger partial charge in [0.25, 0.3) is 0 Å². The van der Waals surface area contributed by atoms with Gasteiger partial charge in [0.2, 0.25) is 0 Å². The summed E-state index contributed by atoms with van der Waals surface area (Å²) in [6.07, 6.45) is -2.86. The largest absolute Gasteiger partial charge is 0.396 e. The van der Waals surface area contributed by atoms with Gasteiger partial charge < -0.3 is 9.84 Å². The van der Waals surface area contributed by atoms with Crippen molar-refractivity contribution in [2.24, 2.45) is 5.41 Å². The summed E-state index contributed by atoms with van der Waals surface area (Å²) >= 11 is 0. The van der Waals surface area contributed by atoms with E-state index in [2.05, 4.69) is 24.3 Å². The standard InChI is InChI=1S/C23H23F3O2/c24-23(25,26)13-5-11-22(19-20(22)28-19)21(12-6-14-27)17-9-3-1-7-15(17)16-8-2-4-10-18(16)21/h1-4,7-10,19-20,27H,5-6,11-14H2. The Balaban J connectivity index is 1.62. The van der Waals surface area contributed by atoms with Crippen LogP contribution in [0.4, 0.5) is 13.2 Å². The molecule has 0 bridgehead atoms. The molecule has 0 aromatic heterocycles. The fraction of sp³-hybridized carbons (Fsp3) is 0.478. The van der Waals surface area contributed by atoms with Crippen LogP contribution in [0.3, 0.4) is 0 Å². The lowest BCUT2D eigenvalue weighted by atomic mass is 9.60. The highest BCUT2D eigenvalue weighted by molar-refractivity contribution is 5.82. The van der Waals surface area contributed by atoms with Gasteiger partial charge in [-0.1, -0.05) is 48.5 Å². The first kappa shape index (κ1) is 18.2. The number of ether oxygens (including phenoxy) is 1. The van der Waals surface area contributed by atoms with Gasteiger partial charge >= 0.3 is 6.18 Å². The molecule has 148 valence electrons. The van der Waals surface area contributed by atoms with Crippen molar-refractivity contribution in [1.29, 1.82) is 0 Å². The zero-order valence-electron chi connectivity index (χ0n) is 15.5. The van der Waals surface area contributed by atoms with Crippen LogP contribution in [0, 0.1) is 5.41 Å². The van der Waals surface area contributed by atoms with Crippen molar-refractivity contribution in [3.63, 3.8) is 0 Å². The number of aliphatic hydroxyl groups excluding tert-OH is 1. The SMILES string of the molecule is OCCCC1(C2(CCCC(F)(F)F)C3OC32)c2ccccc2-c2ccccc21. The fourth-order valence-corrected chi connectivity index (χ4v) is 5.89. The molecule has 1 heterocycles. The molecule has 2 nitrogen and oxygen atoms in total. The molecule has 0 spiro atoms. The Morgan fingerprint density at radius 3 is 1.89 bits per heavy atom. The smallest absolute Gasteiger partial charge is 0.389 e. The van der Waals surface area contributed by atoms with Gasteiger partial charge in [-0.3, -0.25) is 0 Å². The Morgan fingerprint density at radius 1 is 0.857 bits per heavy atom. The van der Waals surface area contributed by atoms with E-state index in [-0.39, 0.29) is 36.1 Å². The quantitative estimate of drug-likeness (QED) is 0.659. The lowest BCUT2D eigenvalue weighted by molar-refractivity contribution is -0.137. The second-order valence-electron chi connectivity index (χ2n) is 8.31. The molecule has 0 amide bonds. The first-order valence-corrected chi connectivity index (χ1v) is 9.98. The second kappa shape index (κ2) is 6.07. The molecule has 1 saturated heterocycles. The molecular formula is C23H23F3O2. The van der Waals surface area contributed by atoms with Crippen molar-refractivity contribution in [2.45, 2.75) is 55.9 Å². The van der Waals surface area contributed by atoms with E-state index in [1.54, 1.807) is 0 Å². The van der Waals surface area contributed by atoms with Crippen molar-refractivity contribution in [1.82, 2.24) is 0 Å². The molecule has 2 unspecified atom stereocenters. The summed E-state index contributed by atoms with van der Waals surface area (Å²) in [5, 5.41) is 9.60. The van der Waals surface area contributed by atoms with Crippen LogP contribution >= 0.6 is 0 Å². The maximum Gasteiger partial charge on any atom is 0.389 e. The highest BCUT2D eigenvalue weighted by Gasteiger charge is 2.86. The summed E-state index contributed by atoms with van der Waals surface area (Å²) in [7, 11) is 0. The number of hydrogen-bond acceptors (Lipinski definition) is 2. The van der Waals surface area contributed by atoms with Crippen LogP contribution in [-0.2, 0) is 10.2 Å². The van der Waals surface area contributed by atoms with Gasteiger partial charge in [0, 0.05) is 23.9 Å². The van der Waals surface area contributed by atoms with Crippen molar-refractivity contribution in [3.05, 3.63) is 59.7 Å². The molecular weight excluding hydrogens is 365 g/mol. The average Bonchev–Trinajstić information content (AvgIpc) is 3.57. The van der Waals surface area contributed by atoms with E-state index < -0.39 is 12.6 Å². The van der Waals surface area contributed by atoms with Gasteiger partial charge in [-0.05, 0) is 47.9 Å². The highest BCUT2D eigenvalue weighted by atomic mass is 19.4. The molecule has 1 saturated carbocycles. The number of benzene rings is 2. The molecule has 1 aliphatic heterocycles. The number of halogens is 3. The maximum atomic E-state index is 12.8. The summed E-state index contributed by atoms with van der Waals surface area (Å²) < 4.78 is 44.3. The van der Waals surface area contributed by atoms with E-state index in [1.807, 2.05) is 24.3 Å². The minimum atomic E-state index is -4.13. The Kier molecular flexibility index (Phi) is 3.95. The molecule has 0 radical (unpaired) electrons. The summed E-state index contributed by atoms with van der Waals surface area (Å²) in [6.45, 7) is 0.0703. The third kappa shape index (κ3) is 2.35. The molecule has 28 heavy (non-hydrogen) atoms. The molecule has 2 fully saturated rings. The number of rotatable bonds is 7. The Morgan fingerprint density at radius 2 is 1.43 bits per heavy atom. The van der Waals surface area contributed by atoms with Crippen LogP contribution in [0.5, 0.6) is 0 Å². The second-order valence-corrected chi connectivity index (χ2v) is 8.31. The van der Waals surface area contributed by atoms with Gasteiger partial charge in [0.1, 0.15) is 0 Å². The van der Waals surface area contributed by atoms with Gasteiger partial charge in [0.05, 0.1) is 12.2 Å². The van der Waals surface area contributed by atoms with Gasteiger partial charge in [-0.2, -0.15) is 13.2 Å². The normalized spacial score (nSPS) is 28.4. The van der Waals surface area contributed by atoms with Crippen molar-refractivity contribution < 1.29 is 23.0 Å². The topological polar surface area (TPSA) is 32.8 Å². The minimum Gasteiger partial charge on any atom is -0.396 e. The monoisotopic (exact) mass is 388 g/mol. The zero-order valence-corrected chi connectivity index (χ0v) is 15.5. The van der Waals surface area contributed by atoms with E-state index in [0.717, 1.165) is 17.5 Å². The van der Waals surface area contributed by atoms with Crippen LogP contribution in [0.15, 0.2) is 48.5 Å². The number of hydrogen-bond donors (Lipinski definition) is 1. The fourth-order valence-electron chi connectivity index (χ4n) is 5.89. The Bertz CT molecular complexity index is 851.